The van der Waals surface area contributed by atoms with Crippen molar-refractivity contribution in [3.8, 4) is 5.75 Å². The van der Waals surface area contributed by atoms with Crippen LogP contribution < -0.4 is 10.1 Å². The van der Waals surface area contributed by atoms with Gasteiger partial charge in [0, 0.05) is 24.6 Å². The first-order valence-electron chi connectivity index (χ1n) is 10.6. The number of hydrogen-bond acceptors (Lipinski definition) is 4. The maximum absolute atomic E-state index is 12.2. The van der Waals surface area contributed by atoms with E-state index in [1.54, 1.807) is 0 Å². The van der Waals surface area contributed by atoms with E-state index in [-0.39, 0.29) is 24.1 Å². The predicted octanol–water partition coefficient (Wildman–Crippen LogP) is 2.23. The molecule has 2 fully saturated rings. The average molecular weight is 383 g/mol. The molecule has 150 valence electrons. The van der Waals surface area contributed by atoms with Crippen molar-refractivity contribution >= 4 is 5.91 Å². The molecule has 2 aliphatic carbocycles. The maximum atomic E-state index is 12.2. The predicted molar refractivity (Wildman–Crippen MR) is 108 cm³/mol. The number of aliphatic hydroxyl groups is 1. The summed E-state index contributed by atoms with van der Waals surface area (Å²) in [5.41, 5.74) is 2.38. The molecule has 5 heteroatoms. The Labute approximate surface area is 166 Å². The zero-order chi connectivity index (χ0) is 19.7. The number of piperidine rings is 1. The van der Waals surface area contributed by atoms with Crippen molar-refractivity contribution in [1.29, 1.82) is 0 Å². The van der Waals surface area contributed by atoms with Crippen LogP contribution in [0.1, 0.15) is 49.3 Å². The van der Waals surface area contributed by atoms with E-state index < -0.39 is 11.0 Å². The van der Waals surface area contributed by atoms with Crippen LogP contribution in [0.4, 0.5) is 0 Å². The highest BCUT2D eigenvalue weighted by molar-refractivity contribution is 5.76. The molecule has 1 amide bonds. The molecule has 1 aromatic carbocycles. The van der Waals surface area contributed by atoms with Gasteiger partial charge in [-0.05, 0) is 50.3 Å². The fourth-order valence-electron chi connectivity index (χ4n) is 6.62. The van der Waals surface area contributed by atoms with Gasteiger partial charge in [0.2, 0.25) is 5.91 Å². The van der Waals surface area contributed by atoms with Crippen LogP contribution in [0.25, 0.3) is 0 Å². The molecule has 1 unspecified atom stereocenters. The van der Waals surface area contributed by atoms with E-state index in [2.05, 4.69) is 35.9 Å². The lowest BCUT2D eigenvalue weighted by Gasteiger charge is -2.64. The first-order valence-corrected chi connectivity index (χ1v) is 10.6. The Morgan fingerprint density at radius 1 is 1.46 bits per heavy atom. The first-order chi connectivity index (χ1) is 13.5. The Kier molecular flexibility index (Phi) is 3.95. The molecule has 0 radical (unpaired) electrons. The van der Waals surface area contributed by atoms with Crippen LogP contribution in [0, 0.1) is 6.92 Å². The molecule has 5 rings (SSSR count). The molecule has 2 bridgehead atoms. The van der Waals surface area contributed by atoms with Gasteiger partial charge in [0.1, 0.15) is 11.9 Å². The van der Waals surface area contributed by atoms with Gasteiger partial charge >= 0.3 is 0 Å². The van der Waals surface area contributed by atoms with E-state index in [1.165, 1.54) is 11.1 Å². The summed E-state index contributed by atoms with van der Waals surface area (Å²) >= 11 is 0. The molecule has 1 spiro atoms. The minimum absolute atomic E-state index is 0.0554. The van der Waals surface area contributed by atoms with Crippen molar-refractivity contribution in [3.05, 3.63) is 41.5 Å². The average Bonchev–Trinajstić information content (AvgIpc) is 3.03. The minimum Gasteiger partial charge on any atom is -0.487 e. The van der Waals surface area contributed by atoms with Gasteiger partial charge in [-0.15, -0.1) is 6.58 Å². The van der Waals surface area contributed by atoms with Crippen LogP contribution in [-0.2, 0) is 16.6 Å². The number of rotatable bonds is 4. The van der Waals surface area contributed by atoms with Crippen molar-refractivity contribution in [2.24, 2.45) is 0 Å². The molecule has 5 atom stereocenters. The number of nitrogens with one attached hydrogen (secondary N) is 1. The highest BCUT2D eigenvalue weighted by atomic mass is 16.5. The van der Waals surface area contributed by atoms with Crippen molar-refractivity contribution < 1.29 is 14.6 Å². The fraction of sp³-hybridized carbons (Fsp3) is 0.609. The van der Waals surface area contributed by atoms with Gasteiger partial charge < -0.3 is 15.2 Å². The van der Waals surface area contributed by atoms with E-state index in [0.29, 0.717) is 12.8 Å². The Bertz CT molecular complexity index is 852. The Hall–Kier alpha value is -1.85. The lowest BCUT2D eigenvalue weighted by Crippen LogP contribution is -2.78. The number of nitrogens with zero attached hydrogens (tertiary/aromatic N) is 1. The number of carbonyl (C=O) groups excluding carboxylic acids is 1. The maximum Gasteiger partial charge on any atom is 0.220 e. The smallest absolute Gasteiger partial charge is 0.220 e. The van der Waals surface area contributed by atoms with Gasteiger partial charge in [0.05, 0.1) is 17.1 Å². The van der Waals surface area contributed by atoms with Gasteiger partial charge in [-0.25, -0.2) is 0 Å². The third-order valence-corrected chi connectivity index (χ3v) is 7.82. The number of amides is 1. The van der Waals surface area contributed by atoms with E-state index in [4.69, 9.17) is 4.74 Å². The summed E-state index contributed by atoms with van der Waals surface area (Å²) in [6.45, 7) is 9.60. The highest BCUT2D eigenvalue weighted by Gasteiger charge is 2.72. The molecule has 1 aromatic rings. The molecule has 1 saturated heterocycles. The standard InChI is InChI=1S/C23H30N2O3/c1-4-11-25-12-10-22-19-15-7-6-14(3)20(19)28-21(22)16(24-18(26)5-2)8-9-23(22,27)17(25)13-15/h4,6-7,16-17,21,27H,1,5,8-13H2,2-3H3,(H,24,26)/t16?,17-,21+,22+,23-/m0/s1. The Balaban J connectivity index is 1.68. The topological polar surface area (TPSA) is 61.8 Å². The van der Waals surface area contributed by atoms with Crippen molar-refractivity contribution in [3.63, 3.8) is 0 Å². The van der Waals surface area contributed by atoms with Crippen LogP contribution in [0.2, 0.25) is 0 Å². The summed E-state index contributed by atoms with van der Waals surface area (Å²) in [7, 11) is 0. The lowest BCUT2D eigenvalue weighted by molar-refractivity contribution is -0.190. The molecule has 2 heterocycles. The van der Waals surface area contributed by atoms with Crippen molar-refractivity contribution in [2.45, 2.75) is 75.2 Å². The molecule has 4 aliphatic rings. The van der Waals surface area contributed by atoms with E-state index in [0.717, 1.165) is 43.7 Å². The molecular formula is C23H30N2O3. The third-order valence-electron chi connectivity index (χ3n) is 7.82. The number of aryl methyl sites for hydroxylation is 1. The zero-order valence-electron chi connectivity index (χ0n) is 16.8. The monoisotopic (exact) mass is 382 g/mol. The Morgan fingerprint density at radius 2 is 2.29 bits per heavy atom. The summed E-state index contributed by atoms with van der Waals surface area (Å²) in [5.74, 6) is 1.01. The summed E-state index contributed by atoms with van der Waals surface area (Å²) in [6, 6.07) is 4.37. The number of ether oxygens (including phenoxy) is 1. The zero-order valence-corrected chi connectivity index (χ0v) is 16.8. The summed E-state index contributed by atoms with van der Waals surface area (Å²) in [5, 5.41) is 15.4. The molecule has 0 aromatic heterocycles. The summed E-state index contributed by atoms with van der Waals surface area (Å²) in [6.07, 6.45) is 5.32. The molecule has 2 N–H and O–H groups in total. The van der Waals surface area contributed by atoms with Gasteiger partial charge in [-0.1, -0.05) is 25.1 Å². The van der Waals surface area contributed by atoms with Crippen LogP contribution in [0.5, 0.6) is 5.75 Å². The van der Waals surface area contributed by atoms with E-state index >= 15 is 0 Å². The van der Waals surface area contributed by atoms with Crippen LogP contribution >= 0.6 is 0 Å². The first kappa shape index (κ1) is 18.2. The molecule has 5 nitrogen and oxygen atoms in total. The van der Waals surface area contributed by atoms with Gasteiger partial charge in [0.25, 0.3) is 0 Å². The number of carbonyl (C=O) groups is 1. The largest absolute Gasteiger partial charge is 0.487 e. The normalized spacial score (nSPS) is 37.8. The van der Waals surface area contributed by atoms with Gasteiger partial charge in [-0.3, -0.25) is 9.69 Å². The van der Waals surface area contributed by atoms with Crippen molar-refractivity contribution in [1.82, 2.24) is 10.2 Å². The quantitative estimate of drug-likeness (QED) is 0.784. The highest BCUT2D eigenvalue weighted by Crippen LogP contribution is 2.64. The SMILES string of the molecule is C=CCN1CC[C@@]23c4c5ccc(C)c4O[C@@H]2C(NC(=O)CC)CC[C@]3(O)[C@@H]1C5. The van der Waals surface area contributed by atoms with Crippen molar-refractivity contribution in [2.75, 3.05) is 13.1 Å². The fourth-order valence-corrected chi connectivity index (χ4v) is 6.62. The number of hydrogen-bond donors (Lipinski definition) is 2. The van der Waals surface area contributed by atoms with E-state index in [9.17, 15) is 9.90 Å². The number of benzene rings is 1. The summed E-state index contributed by atoms with van der Waals surface area (Å²) in [4.78, 5) is 14.6. The molecular weight excluding hydrogens is 352 g/mol. The van der Waals surface area contributed by atoms with Gasteiger partial charge in [0.15, 0.2) is 0 Å². The van der Waals surface area contributed by atoms with Gasteiger partial charge in [-0.2, -0.15) is 0 Å². The second-order valence-corrected chi connectivity index (χ2v) is 9.00. The molecule has 1 saturated carbocycles. The minimum atomic E-state index is -0.835. The van der Waals surface area contributed by atoms with Crippen LogP contribution in [-0.4, -0.2) is 52.8 Å². The summed E-state index contributed by atoms with van der Waals surface area (Å²) < 4.78 is 6.61. The lowest BCUT2D eigenvalue weighted by atomic mass is 9.48. The molecule has 2 aliphatic heterocycles. The second kappa shape index (κ2) is 6.07. The van der Waals surface area contributed by atoms with Crippen LogP contribution in [0.15, 0.2) is 24.8 Å². The van der Waals surface area contributed by atoms with Crippen LogP contribution in [0.3, 0.4) is 0 Å². The number of likely N-dealkylation sites (tertiary alicyclic amines) is 1. The third kappa shape index (κ3) is 2.07. The Morgan fingerprint density at radius 3 is 3.04 bits per heavy atom. The second-order valence-electron chi connectivity index (χ2n) is 9.00. The van der Waals surface area contributed by atoms with E-state index in [1.807, 2.05) is 13.0 Å². The molecule has 28 heavy (non-hydrogen) atoms.